The second kappa shape index (κ2) is 12.4. The molecule has 0 radical (unpaired) electrons. The molecule has 2 amide bonds. The van der Waals surface area contributed by atoms with E-state index >= 15 is 0 Å². The Labute approximate surface area is 212 Å². The van der Waals surface area contributed by atoms with Crippen LogP contribution in [0.15, 0.2) is 42.5 Å². The molecule has 0 aliphatic rings. The highest BCUT2D eigenvalue weighted by Crippen LogP contribution is 2.27. The Morgan fingerprint density at radius 2 is 1.71 bits per heavy atom. The number of rotatable bonds is 11. The number of carbonyl (C=O) groups excluding carboxylic acids is 2. The van der Waals surface area contributed by atoms with Gasteiger partial charge in [0.1, 0.15) is 12.6 Å². The summed E-state index contributed by atoms with van der Waals surface area (Å²) >= 11 is 12.1. The van der Waals surface area contributed by atoms with Crippen molar-refractivity contribution in [3.8, 4) is 0 Å². The molecule has 2 aromatic carbocycles. The van der Waals surface area contributed by atoms with Crippen molar-refractivity contribution < 1.29 is 18.0 Å². The van der Waals surface area contributed by atoms with Crippen LogP contribution in [0, 0.1) is 6.92 Å². The Bertz CT molecular complexity index is 1100. The van der Waals surface area contributed by atoms with Gasteiger partial charge in [-0.2, -0.15) is 0 Å². The zero-order chi connectivity index (χ0) is 25.5. The number of sulfonamides is 1. The van der Waals surface area contributed by atoms with Crippen LogP contribution in [0.1, 0.15) is 37.8 Å². The summed E-state index contributed by atoms with van der Waals surface area (Å²) in [7, 11) is -3.86. The highest BCUT2D eigenvalue weighted by molar-refractivity contribution is 7.92. The average Bonchev–Trinajstić information content (AvgIpc) is 2.74. The Hall–Kier alpha value is -2.29. The highest BCUT2D eigenvalue weighted by Gasteiger charge is 2.30. The summed E-state index contributed by atoms with van der Waals surface area (Å²) in [5.41, 5.74) is 1.99. The summed E-state index contributed by atoms with van der Waals surface area (Å²) in [6.45, 7) is 5.73. The van der Waals surface area contributed by atoms with Crippen LogP contribution in [-0.4, -0.2) is 50.5 Å². The second-order valence-corrected chi connectivity index (χ2v) is 10.9. The van der Waals surface area contributed by atoms with Crippen molar-refractivity contribution in [1.29, 1.82) is 0 Å². The summed E-state index contributed by atoms with van der Waals surface area (Å²) in [6, 6.07) is 11.1. The first-order valence-corrected chi connectivity index (χ1v) is 13.6. The van der Waals surface area contributed by atoms with Crippen molar-refractivity contribution in [2.24, 2.45) is 0 Å². The molecule has 0 saturated heterocycles. The van der Waals surface area contributed by atoms with Crippen LogP contribution in [0.2, 0.25) is 10.0 Å². The largest absolute Gasteiger partial charge is 0.354 e. The molecule has 7 nitrogen and oxygen atoms in total. The predicted octanol–water partition coefficient (Wildman–Crippen LogP) is 4.40. The summed E-state index contributed by atoms with van der Waals surface area (Å²) in [5, 5.41) is 3.33. The second-order valence-electron chi connectivity index (χ2n) is 8.17. The van der Waals surface area contributed by atoms with Crippen LogP contribution in [0.25, 0.3) is 0 Å². The fourth-order valence-corrected chi connectivity index (χ4v) is 4.73. The molecule has 1 N–H and O–H groups in total. The van der Waals surface area contributed by atoms with Gasteiger partial charge in [0.25, 0.3) is 0 Å². The van der Waals surface area contributed by atoms with Crippen LogP contribution in [0.5, 0.6) is 0 Å². The fourth-order valence-electron chi connectivity index (χ4n) is 3.39. The Morgan fingerprint density at radius 1 is 1.09 bits per heavy atom. The van der Waals surface area contributed by atoms with Crippen molar-refractivity contribution in [3.63, 3.8) is 0 Å². The molecule has 0 spiro atoms. The lowest BCUT2D eigenvalue weighted by atomic mass is 10.1. The van der Waals surface area contributed by atoms with E-state index in [2.05, 4.69) is 5.32 Å². The number of hydrogen-bond acceptors (Lipinski definition) is 4. The molecule has 2 rings (SSSR count). The topological polar surface area (TPSA) is 86.8 Å². The van der Waals surface area contributed by atoms with E-state index < -0.39 is 28.5 Å². The number of anilines is 1. The first-order chi connectivity index (χ1) is 15.9. The lowest BCUT2D eigenvalue weighted by Gasteiger charge is -2.32. The summed E-state index contributed by atoms with van der Waals surface area (Å²) in [6.07, 6.45) is 2.75. The third kappa shape index (κ3) is 7.89. The van der Waals surface area contributed by atoms with Gasteiger partial charge in [0.15, 0.2) is 0 Å². The van der Waals surface area contributed by atoms with Gasteiger partial charge in [0, 0.05) is 23.1 Å². The van der Waals surface area contributed by atoms with Crippen LogP contribution >= 0.6 is 23.2 Å². The molecule has 0 aliphatic carbocycles. The number of unbranched alkanes of at least 4 members (excludes halogenated alkanes) is 1. The standard InChI is InChI=1S/C24H31Cl2N3O4S/c1-5-6-11-27-24(31)18(3)28(15-19-10-8-7-9-17(19)2)23(30)16-29(34(4,32)33)22-13-20(25)12-21(26)14-22/h7-10,12-14,18H,5-6,11,15-16H2,1-4H3,(H,27,31)/t18-/m1/s1. The van der Waals surface area contributed by atoms with Crippen molar-refractivity contribution in [1.82, 2.24) is 10.2 Å². The molecular weight excluding hydrogens is 497 g/mol. The SMILES string of the molecule is CCCCNC(=O)[C@@H](C)N(Cc1ccccc1C)C(=O)CN(c1cc(Cl)cc(Cl)c1)S(C)(=O)=O. The van der Waals surface area contributed by atoms with E-state index in [9.17, 15) is 18.0 Å². The van der Waals surface area contributed by atoms with Crippen molar-refractivity contribution in [2.75, 3.05) is 23.7 Å². The first kappa shape index (κ1) is 28.0. The number of amides is 2. The molecule has 34 heavy (non-hydrogen) atoms. The van der Waals surface area contributed by atoms with Gasteiger partial charge < -0.3 is 10.2 Å². The molecule has 0 bridgehead atoms. The van der Waals surface area contributed by atoms with Gasteiger partial charge >= 0.3 is 0 Å². The zero-order valence-electron chi connectivity index (χ0n) is 19.8. The summed E-state index contributed by atoms with van der Waals surface area (Å²) < 4.78 is 26.1. The van der Waals surface area contributed by atoms with Gasteiger partial charge in [0.05, 0.1) is 11.9 Å². The maximum absolute atomic E-state index is 13.5. The Kier molecular flexibility index (Phi) is 10.2. The molecule has 0 aliphatic heterocycles. The molecule has 10 heteroatoms. The number of carbonyl (C=O) groups is 2. The number of nitrogens with zero attached hydrogens (tertiary/aromatic N) is 2. The lowest BCUT2D eigenvalue weighted by molar-refractivity contribution is -0.139. The zero-order valence-corrected chi connectivity index (χ0v) is 22.2. The van der Waals surface area contributed by atoms with Crippen LogP contribution < -0.4 is 9.62 Å². The van der Waals surface area contributed by atoms with Crippen molar-refractivity contribution in [2.45, 2.75) is 46.2 Å². The molecule has 0 saturated carbocycles. The normalized spacial score (nSPS) is 12.2. The maximum atomic E-state index is 13.5. The molecule has 0 fully saturated rings. The number of aryl methyl sites for hydroxylation is 1. The van der Waals surface area contributed by atoms with Crippen LogP contribution in [0.3, 0.4) is 0 Å². The third-order valence-electron chi connectivity index (χ3n) is 5.41. The molecule has 0 unspecified atom stereocenters. The van der Waals surface area contributed by atoms with Crippen LogP contribution in [0.4, 0.5) is 5.69 Å². The molecule has 0 heterocycles. The minimum atomic E-state index is -3.86. The average molecular weight is 529 g/mol. The van der Waals surface area contributed by atoms with E-state index in [-0.39, 0.29) is 28.2 Å². The van der Waals surface area contributed by atoms with Gasteiger partial charge in [0.2, 0.25) is 21.8 Å². The predicted molar refractivity (Wildman–Crippen MR) is 138 cm³/mol. The number of hydrogen-bond donors (Lipinski definition) is 1. The lowest BCUT2D eigenvalue weighted by Crippen LogP contribution is -2.51. The number of nitrogens with one attached hydrogen (secondary N) is 1. The Balaban J connectivity index is 2.39. The monoisotopic (exact) mass is 527 g/mol. The van der Waals surface area contributed by atoms with E-state index in [1.807, 2.05) is 38.1 Å². The van der Waals surface area contributed by atoms with Gasteiger partial charge in [-0.05, 0) is 49.6 Å². The van der Waals surface area contributed by atoms with E-state index in [0.717, 1.165) is 34.5 Å². The minimum Gasteiger partial charge on any atom is -0.354 e. The Morgan fingerprint density at radius 3 is 2.26 bits per heavy atom. The molecule has 1 atom stereocenters. The first-order valence-electron chi connectivity index (χ1n) is 11.0. The minimum absolute atomic E-state index is 0.155. The van der Waals surface area contributed by atoms with E-state index in [1.54, 1.807) is 6.92 Å². The highest BCUT2D eigenvalue weighted by atomic mass is 35.5. The van der Waals surface area contributed by atoms with E-state index in [0.29, 0.717) is 6.54 Å². The summed E-state index contributed by atoms with van der Waals surface area (Å²) in [5.74, 6) is -0.824. The van der Waals surface area contributed by atoms with E-state index in [4.69, 9.17) is 23.2 Å². The molecular formula is C24H31Cl2N3O4S. The number of halogens is 2. The van der Waals surface area contributed by atoms with Crippen molar-refractivity contribution in [3.05, 3.63) is 63.6 Å². The van der Waals surface area contributed by atoms with Gasteiger partial charge in [-0.15, -0.1) is 0 Å². The van der Waals surface area contributed by atoms with Crippen LogP contribution in [-0.2, 0) is 26.2 Å². The smallest absolute Gasteiger partial charge is 0.244 e. The van der Waals surface area contributed by atoms with Gasteiger partial charge in [-0.3, -0.25) is 13.9 Å². The number of benzene rings is 2. The maximum Gasteiger partial charge on any atom is 0.244 e. The van der Waals surface area contributed by atoms with E-state index in [1.165, 1.54) is 23.1 Å². The quantitative estimate of drug-likeness (QED) is 0.438. The molecule has 0 aromatic heterocycles. The fraction of sp³-hybridized carbons (Fsp3) is 0.417. The van der Waals surface area contributed by atoms with Crippen molar-refractivity contribution >= 4 is 50.7 Å². The molecule has 186 valence electrons. The molecule has 2 aromatic rings. The summed E-state index contributed by atoms with van der Waals surface area (Å²) in [4.78, 5) is 27.7. The van der Waals surface area contributed by atoms with Gasteiger partial charge in [-0.25, -0.2) is 8.42 Å². The third-order valence-corrected chi connectivity index (χ3v) is 6.99. The van der Waals surface area contributed by atoms with Gasteiger partial charge in [-0.1, -0.05) is 60.8 Å².